The van der Waals surface area contributed by atoms with Crippen molar-refractivity contribution in [3.05, 3.63) is 56.8 Å². The number of thiophene rings is 1. The van der Waals surface area contributed by atoms with Gasteiger partial charge in [-0.3, -0.25) is 19.7 Å². The number of hydrogen-bond acceptors (Lipinski definition) is 6. The highest BCUT2D eigenvalue weighted by Crippen LogP contribution is 2.14. The van der Waals surface area contributed by atoms with Gasteiger partial charge in [-0.15, -0.1) is 11.3 Å². The second-order valence-electron chi connectivity index (χ2n) is 4.74. The molecule has 9 heteroatoms. The molecule has 8 nitrogen and oxygen atoms in total. The van der Waals surface area contributed by atoms with Crippen molar-refractivity contribution in [2.24, 2.45) is 0 Å². The van der Waals surface area contributed by atoms with Crippen LogP contribution in [0.5, 0.6) is 0 Å². The lowest BCUT2D eigenvalue weighted by molar-refractivity contribution is -0.384. The molecule has 1 heterocycles. The van der Waals surface area contributed by atoms with E-state index >= 15 is 0 Å². The molecule has 0 spiro atoms. The molecule has 0 radical (unpaired) electrons. The van der Waals surface area contributed by atoms with Gasteiger partial charge >= 0.3 is 0 Å². The Balaban J connectivity index is 1.62. The number of nitro groups is 1. The van der Waals surface area contributed by atoms with E-state index in [4.69, 9.17) is 0 Å². The van der Waals surface area contributed by atoms with Gasteiger partial charge in [0.05, 0.1) is 16.3 Å². The molecule has 0 unspecified atom stereocenters. The Morgan fingerprint density at radius 1 is 1.08 bits per heavy atom. The molecule has 126 valence electrons. The van der Waals surface area contributed by atoms with E-state index in [2.05, 4.69) is 16.0 Å². The summed E-state index contributed by atoms with van der Waals surface area (Å²) in [7, 11) is 0. The van der Waals surface area contributed by atoms with E-state index in [-0.39, 0.29) is 24.0 Å². The quantitative estimate of drug-likeness (QED) is 0.381. The summed E-state index contributed by atoms with van der Waals surface area (Å²) in [5.74, 6) is -0.561. The van der Waals surface area contributed by atoms with Gasteiger partial charge in [-0.1, -0.05) is 6.07 Å². The van der Waals surface area contributed by atoms with E-state index in [1.807, 2.05) is 0 Å². The molecule has 2 aromatic rings. The number of benzene rings is 1. The van der Waals surface area contributed by atoms with Crippen molar-refractivity contribution < 1.29 is 14.5 Å². The van der Waals surface area contributed by atoms with Crippen molar-refractivity contribution in [2.75, 3.05) is 25.0 Å². The van der Waals surface area contributed by atoms with Crippen LogP contribution in [0.4, 0.5) is 11.4 Å². The average Bonchev–Trinajstić information content (AvgIpc) is 3.11. The lowest BCUT2D eigenvalue weighted by Crippen LogP contribution is -2.38. The summed E-state index contributed by atoms with van der Waals surface area (Å²) in [5, 5.41) is 20.6. The number of hydrogen-bond donors (Lipinski definition) is 3. The van der Waals surface area contributed by atoms with Gasteiger partial charge in [0.2, 0.25) is 5.91 Å². The third kappa shape index (κ3) is 5.36. The van der Waals surface area contributed by atoms with E-state index < -0.39 is 4.92 Å². The normalized spacial score (nSPS) is 10.0. The van der Waals surface area contributed by atoms with Gasteiger partial charge in [0.15, 0.2) is 0 Å². The summed E-state index contributed by atoms with van der Waals surface area (Å²) in [6.07, 6.45) is 0. The molecule has 3 N–H and O–H groups in total. The van der Waals surface area contributed by atoms with Gasteiger partial charge in [0.1, 0.15) is 0 Å². The molecule has 0 bridgehead atoms. The highest BCUT2D eigenvalue weighted by Gasteiger charge is 2.08. The predicted octanol–water partition coefficient (Wildman–Crippen LogP) is 1.61. The average molecular weight is 348 g/mol. The van der Waals surface area contributed by atoms with Crippen LogP contribution in [0, 0.1) is 10.1 Å². The van der Waals surface area contributed by atoms with Crippen molar-refractivity contribution in [3.63, 3.8) is 0 Å². The molecule has 0 aliphatic carbocycles. The summed E-state index contributed by atoms with van der Waals surface area (Å²) < 4.78 is 0. The zero-order valence-corrected chi connectivity index (χ0v) is 13.5. The SMILES string of the molecule is O=C(CNC(=O)c1cccs1)NCCNc1ccc([N+](=O)[O-])cc1. The summed E-state index contributed by atoms with van der Waals surface area (Å²) in [6, 6.07) is 9.46. The second kappa shape index (κ2) is 8.63. The lowest BCUT2D eigenvalue weighted by atomic mass is 10.3. The van der Waals surface area contributed by atoms with Crippen molar-refractivity contribution >= 4 is 34.5 Å². The fraction of sp³-hybridized carbons (Fsp3) is 0.200. The molecule has 2 amide bonds. The lowest BCUT2D eigenvalue weighted by Gasteiger charge is -2.08. The number of nitro benzene ring substituents is 1. The van der Waals surface area contributed by atoms with Crippen LogP contribution < -0.4 is 16.0 Å². The number of rotatable bonds is 8. The number of amides is 2. The first-order valence-electron chi connectivity index (χ1n) is 7.13. The molecule has 1 aromatic heterocycles. The fourth-order valence-corrected chi connectivity index (χ4v) is 2.47. The van der Waals surface area contributed by atoms with E-state index in [0.29, 0.717) is 18.0 Å². The van der Waals surface area contributed by atoms with Crippen LogP contribution in [-0.2, 0) is 4.79 Å². The zero-order chi connectivity index (χ0) is 17.4. The van der Waals surface area contributed by atoms with E-state index in [1.54, 1.807) is 29.6 Å². The van der Waals surface area contributed by atoms with E-state index in [1.165, 1.54) is 23.5 Å². The third-order valence-electron chi connectivity index (χ3n) is 3.01. The maximum Gasteiger partial charge on any atom is 0.269 e. The Bertz CT molecular complexity index is 701. The van der Waals surface area contributed by atoms with Crippen LogP contribution in [0.3, 0.4) is 0 Å². The predicted molar refractivity (Wildman–Crippen MR) is 91.2 cm³/mol. The van der Waals surface area contributed by atoms with Gasteiger partial charge in [0.25, 0.3) is 11.6 Å². The van der Waals surface area contributed by atoms with Crippen molar-refractivity contribution in [3.8, 4) is 0 Å². The Kier molecular flexibility index (Phi) is 6.26. The van der Waals surface area contributed by atoms with E-state index in [9.17, 15) is 19.7 Å². The summed E-state index contributed by atoms with van der Waals surface area (Å²) in [5.41, 5.74) is 0.746. The summed E-state index contributed by atoms with van der Waals surface area (Å²) in [6.45, 7) is 0.737. The van der Waals surface area contributed by atoms with Gasteiger partial charge in [-0.25, -0.2) is 0 Å². The first-order valence-corrected chi connectivity index (χ1v) is 8.01. The molecule has 24 heavy (non-hydrogen) atoms. The smallest absolute Gasteiger partial charge is 0.269 e. The highest BCUT2D eigenvalue weighted by molar-refractivity contribution is 7.12. The topological polar surface area (TPSA) is 113 Å². The van der Waals surface area contributed by atoms with Crippen LogP contribution in [0.25, 0.3) is 0 Å². The van der Waals surface area contributed by atoms with Gasteiger partial charge < -0.3 is 16.0 Å². The number of nitrogens with one attached hydrogen (secondary N) is 3. The van der Waals surface area contributed by atoms with Gasteiger partial charge in [-0.2, -0.15) is 0 Å². The minimum Gasteiger partial charge on any atom is -0.383 e. The minimum absolute atomic E-state index is 0.0235. The molecule has 0 fully saturated rings. The summed E-state index contributed by atoms with van der Waals surface area (Å²) >= 11 is 1.31. The largest absolute Gasteiger partial charge is 0.383 e. The molecule has 0 saturated carbocycles. The Labute approximate surface area is 142 Å². The maximum absolute atomic E-state index is 11.7. The van der Waals surface area contributed by atoms with E-state index in [0.717, 1.165) is 5.69 Å². The van der Waals surface area contributed by atoms with Gasteiger partial charge in [-0.05, 0) is 23.6 Å². The zero-order valence-electron chi connectivity index (χ0n) is 12.7. The van der Waals surface area contributed by atoms with Crippen LogP contribution >= 0.6 is 11.3 Å². The third-order valence-corrected chi connectivity index (χ3v) is 3.88. The highest BCUT2D eigenvalue weighted by atomic mass is 32.1. The van der Waals surface area contributed by atoms with Crippen molar-refractivity contribution in [1.29, 1.82) is 0 Å². The molecular weight excluding hydrogens is 332 g/mol. The molecule has 0 aliphatic heterocycles. The van der Waals surface area contributed by atoms with Crippen LogP contribution in [0.15, 0.2) is 41.8 Å². The van der Waals surface area contributed by atoms with Crippen LogP contribution in [0.1, 0.15) is 9.67 Å². The monoisotopic (exact) mass is 348 g/mol. The summed E-state index contributed by atoms with van der Waals surface area (Å²) in [4.78, 5) is 33.9. The van der Waals surface area contributed by atoms with Crippen molar-refractivity contribution in [1.82, 2.24) is 10.6 Å². The first-order chi connectivity index (χ1) is 11.6. The van der Waals surface area contributed by atoms with Crippen molar-refractivity contribution in [2.45, 2.75) is 0 Å². The molecule has 0 atom stereocenters. The Hall–Kier alpha value is -2.94. The molecule has 2 rings (SSSR count). The molecule has 0 saturated heterocycles. The number of anilines is 1. The van der Waals surface area contributed by atoms with Crippen LogP contribution in [-0.4, -0.2) is 36.4 Å². The molecular formula is C15H16N4O4S. The molecule has 1 aromatic carbocycles. The number of carbonyl (C=O) groups excluding carboxylic acids is 2. The molecule has 0 aliphatic rings. The number of carbonyl (C=O) groups is 2. The number of non-ortho nitro benzene ring substituents is 1. The van der Waals surface area contributed by atoms with Gasteiger partial charge in [0, 0.05) is 30.9 Å². The fourth-order valence-electron chi connectivity index (χ4n) is 1.83. The maximum atomic E-state index is 11.7. The Morgan fingerprint density at radius 3 is 2.46 bits per heavy atom. The number of nitrogens with zero attached hydrogens (tertiary/aromatic N) is 1. The standard InChI is InChI=1S/C15H16N4O4S/c20-14(10-18-15(21)13-2-1-9-24-13)17-8-7-16-11-3-5-12(6-4-11)19(22)23/h1-6,9,16H,7-8,10H2,(H,17,20)(H,18,21). The van der Waals surface area contributed by atoms with Crippen LogP contribution in [0.2, 0.25) is 0 Å². The minimum atomic E-state index is -0.464. The first kappa shape index (κ1) is 17.4. The second-order valence-corrected chi connectivity index (χ2v) is 5.69. The Morgan fingerprint density at radius 2 is 1.83 bits per heavy atom.